The standard InChI is InChI=1S/C20H28N2O3/c1-20(2,3)14-7-4-5-8-16(14)22-19(25)13-11-12-15(21-18(13)24)9-6-10-17(12)23/h11,14,16H,4-10H2,1-3H3,(H,21,24)(H,22,25)/t14-,16+/m0/s1. The molecule has 1 aromatic heterocycles. The fraction of sp³-hybridized carbons (Fsp3) is 0.650. The fourth-order valence-electron chi connectivity index (χ4n) is 4.33. The van der Waals surface area contributed by atoms with Gasteiger partial charge >= 0.3 is 0 Å². The van der Waals surface area contributed by atoms with E-state index >= 15 is 0 Å². The first-order valence-corrected chi connectivity index (χ1v) is 9.37. The highest BCUT2D eigenvalue weighted by atomic mass is 16.2. The van der Waals surface area contributed by atoms with Gasteiger partial charge in [-0.2, -0.15) is 0 Å². The molecule has 25 heavy (non-hydrogen) atoms. The average molecular weight is 344 g/mol. The maximum absolute atomic E-state index is 12.8. The van der Waals surface area contributed by atoms with E-state index in [9.17, 15) is 14.4 Å². The second-order valence-electron chi connectivity index (χ2n) is 8.52. The van der Waals surface area contributed by atoms with Gasteiger partial charge in [-0.3, -0.25) is 14.4 Å². The molecular formula is C20H28N2O3. The summed E-state index contributed by atoms with van der Waals surface area (Å²) in [5.41, 5.74) is 0.952. The molecule has 3 rings (SSSR count). The average Bonchev–Trinajstić information content (AvgIpc) is 2.54. The van der Waals surface area contributed by atoms with Crippen LogP contribution in [0, 0.1) is 11.3 Å². The van der Waals surface area contributed by atoms with Crippen LogP contribution in [0.15, 0.2) is 10.9 Å². The van der Waals surface area contributed by atoms with Crippen molar-refractivity contribution in [2.24, 2.45) is 11.3 Å². The fourth-order valence-corrected chi connectivity index (χ4v) is 4.33. The zero-order chi connectivity index (χ0) is 18.2. The van der Waals surface area contributed by atoms with E-state index in [1.54, 1.807) is 0 Å². The third-order valence-corrected chi connectivity index (χ3v) is 5.69. The molecule has 1 aromatic rings. The highest BCUT2D eigenvalue weighted by molar-refractivity contribution is 6.01. The van der Waals surface area contributed by atoms with Crippen LogP contribution in [-0.4, -0.2) is 22.7 Å². The van der Waals surface area contributed by atoms with Crippen LogP contribution in [0.4, 0.5) is 0 Å². The number of pyridine rings is 1. The van der Waals surface area contributed by atoms with E-state index in [0.717, 1.165) is 25.7 Å². The smallest absolute Gasteiger partial charge is 0.261 e. The van der Waals surface area contributed by atoms with Crippen LogP contribution >= 0.6 is 0 Å². The van der Waals surface area contributed by atoms with Crippen molar-refractivity contribution in [3.05, 3.63) is 33.2 Å². The molecule has 5 heteroatoms. The topological polar surface area (TPSA) is 79.0 Å². The van der Waals surface area contributed by atoms with Gasteiger partial charge in [0.05, 0.1) is 0 Å². The Labute approximate surface area is 148 Å². The van der Waals surface area contributed by atoms with Gasteiger partial charge in [0, 0.05) is 23.7 Å². The minimum atomic E-state index is -0.394. The molecular weight excluding hydrogens is 316 g/mol. The Morgan fingerprint density at radius 1 is 1.12 bits per heavy atom. The summed E-state index contributed by atoms with van der Waals surface area (Å²) in [6, 6.07) is 1.58. The van der Waals surface area contributed by atoms with Gasteiger partial charge in [-0.25, -0.2) is 0 Å². The zero-order valence-electron chi connectivity index (χ0n) is 15.4. The van der Waals surface area contributed by atoms with Gasteiger partial charge in [0.25, 0.3) is 11.5 Å². The highest BCUT2D eigenvalue weighted by Gasteiger charge is 2.35. The second-order valence-corrected chi connectivity index (χ2v) is 8.52. The van der Waals surface area contributed by atoms with E-state index in [1.165, 1.54) is 12.5 Å². The van der Waals surface area contributed by atoms with Crippen LogP contribution in [0.25, 0.3) is 0 Å². The first-order valence-electron chi connectivity index (χ1n) is 9.37. The number of rotatable bonds is 2. The lowest BCUT2D eigenvalue weighted by Crippen LogP contribution is -2.47. The lowest BCUT2D eigenvalue weighted by molar-refractivity contribution is 0.0828. The normalized spacial score (nSPS) is 23.9. The molecule has 5 nitrogen and oxygen atoms in total. The summed E-state index contributed by atoms with van der Waals surface area (Å²) >= 11 is 0. The van der Waals surface area contributed by atoms with Crippen molar-refractivity contribution in [1.82, 2.24) is 10.3 Å². The van der Waals surface area contributed by atoms with Crippen molar-refractivity contribution in [3.63, 3.8) is 0 Å². The first kappa shape index (κ1) is 17.9. The van der Waals surface area contributed by atoms with E-state index in [1.807, 2.05) is 0 Å². The van der Waals surface area contributed by atoms with E-state index in [0.29, 0.717) is 30.0 Å². The predicted molar refractivity (Wildman–Crippen MR) is 97.0 cm³/mol. The molecule has 2 atom stereocenters. The number of nitrogens with one attached hydrogen (secondary N) is 2. The predicted octanol–water partition coefficient (Wildman–Crippen LogP) is 3.23. The molecule has 2 aliphatic rings. The molecule has 2 N–H and O–H groups in total. The third kappa shape index (κ3) is 3.70. The number of amides is 1. The Balaban J connectivity index is 1.85. The maximum atomic E-state index is 12.8. The van der Waals surface area contributed by atoms with Crippen LogP contribution < -0.4 is 10.9 Å². The zero-order valence-corrected chi connectivity index (χ0v) is 15.4. The van der Waals surface area contributed by atoms with Gasteiger partial charge < -0.3 is 10.3 Å². The number of hydrogen-bond donors (Lipinski definition) is 2. The van der Waals surface area contributed by atoms with Crippen LogP contribution in [0.2, 0.25) is 0 Å². The molecule has 1 amide bonds. The number of aromatic amines is 1. The monoisotopic (exact) mass is 344 g/mol. The van der Waals surface area contributed by atoms with Crippen LogP contribution in [0.3, 0.4) is 0 Å². The highest BCUT2D eigenvalue weighted by Crippen LogP contribution is 2.38. The number of carbonyl (C=O) groups is 2. The number of hydrogen-bond acceptors (Lipinski definition) is 3. The van der Waals surface area contributed by atoms with Crippen molar-refractivity contribution in [3.8, 4) is 0 Å². The number of aromatic nitrogens is 1. The molecule has 1 fully saturated rings. The van der Waals surface area contributed by atoms with Crippen molar-refractivity contribution in [1.29, 1.82) is 0 Å². The Bertz CT molecular complexity index is 742. The number of aryl methyl sites for hydroxylation is 1. The molecule has 0 aromatic carbocycles. The number of ketones is 1. The van der Waals surface area contributed by atoms with Gasteiger partial charge in [-0.15, -0.1) is 0 Å². The number of carbonyl (C=O) groups excluding carboxylic acids is 2. The molecule has 0 spiro atoms. The van der Waals surface area contributed by atoms with Gasteiger partial charge in [-0.1, -0.05) is 33.6 Å². The van der Waals surface area contributed by atoms with Gasteiger partial charge in [-0.05, 0) is 43.1 Å². The summed E-state index contributed by atoms with van der Waals surface area (Å²) in [4.78, 5) is 39.9. The molecule has 136 valence electrons. The second kappa shape index (κ2) is 6.77. The summed E-state index contributed by atoms with van der Waals surface area (Å²) in [5.74, 6) is 0.0453. The van der Waals surface area contributed by atoms with E-state index < -0.39 is 5.56 Å². The number of fused-ring (bicyclic) bond motifs is 1. The summed E-state index contributed by atoms with van der Waals surface area (Å²) in [5, 5.41) is 3.08. The first-order chi connectivity index (χ1) is 11.8. The molecule has 1 heterocycles. The maximum Gasteiger partial charge on any atom is 0.261 e. The van der Waals surface area contributed by atoms with E-state index in [4.69, 9.17) is 0 Å². The van der Waals surface area contributed by atoms with Crippen LogP contribution in [-0.2, 0) is 6.42 Å². The van der Waals surface area contributed by atoms with Gasteiger partial charge in [0.1, 0.15) is 5.56 Å². The Morgan fingerprint density at radius 2 is 1.84 bits per heavy atom. The molecule has 0 aliphatic heterocycles. The minimum absolute atomic E-state index is 0.0109. The SMILES string of the molecule is CC(C)(C)[C@H]1CCCC[C@H]1NC(=O)c1cc2c([nH]c1=O)CCCC2=O. The quantitative estimate of drug-likeness (QED) is 0.864. The van der Waals surface area contributed by atoms with E-state index in [-0.39, 0.29) is 28.7 Å². The molecule has 0 bridgehead atoms. The molecule has 1 saturated carbocycles. The third-order valence-electron chi connectivity index (χ3n) is 5.69. The lowest BCUT2D eigenvalue weighted by atomic mass is 9.69. The molecule has 0 radical (unpaired) electrons. The minimum Gasteiger partial charge on any atom is -0.349 e. The van der Waals surface area contributed by atoms with Crippen molar-refractivity contribution >= 4 is 11.7 Å². The molecule has 0 saturated heterocycles. The van der Waals surface area contributed by atoms with Gasteiger partial charge in [0.15, 0.2) is 5.78 Å². The summed E-state index contributed by atoms with van der Waals surface area (Å²) < 4.78 is 0. The Kier molecular flexibility index (Phi) is 4.85. The summed E-state index contributed by atoms with van der Waals surface area (Å²) in [6.45, 7) is 6.60. The molecule has 0 unspecified atom stereocenters. The number of H-pyrrole nitrogens is 1. The lowest BCUT2D eigenvalue weighted by Gasteiger charge is -2.40. The Hall–Kier alpha value is -1.91. The van der Waals surface area contributed by atoms with E-state index in [2.05, 4.69) is 31.1 Å². The van der Waals surface area contributed by atoms with Crippen molar-refractivity contribution in [2.45, 2.75) is 71.8 Å². The molecule has 2 aliphatic carbocycles. The Morgan fingerprint density at radius 3 is 2.56 bits per heavy atom. The van der Waals surface area contributed by atoms with Crippen molar-refractivity contribution in [2.75, 3.05) is 0 Å². The van der Waals surface area contributed by atoms with Crippen molar-refractivity contribution < 1.29 is 9.59 Å². The van der Waals surface area contributed by atoms with Gasteiger partial charge in [0.2, 0.25) is 0 Å². The van der Waals surface area contributed by atoms with Crippen LogP contribution in [0.5, 0.6) is 0 Å². The van der Waals surface area contributed by atoms with Crippen LogP contribution in [0.1, 0.15) is 85.7 Å². The summed E-state index contributed by atoms with van der Waals surface area (Å²) in [6.07, 6.45) is 6.23. The summed E-state index contributed by atoms with van der Waals surface area (Å²) in [7, 11) is 0. The largest absolute Gasteiger partial charge is 0.349 e. The number of Topliss-reactive ketones (excluding diaryl/α,β-unsaturated/α-hetero) is 1.